The standard InChI is InChI=1S/C22H24FN3O/c1-27-21-16-26(20-7-3-6-19(23)13-20)22(21)8-10-25(11-9-22)15-18-5-2-4-17(12-18)14-24/h2-7,12-13,21H,8-11,15-16H2,1H3. The molecule has 0 amide bonds. The van der Waals surface area contributed by atoms with Crippen molar-refractivity contribution in [1.82, 2.24) is 4.90 Å². The molecule has 1 atom stereocenters. The molecule has 2 fully saturated rings. The molecule has 1 spiro atoms. The van der Waals surface area contributed by atoms with Gasteiger partial charge < -0.3 is 9.64 Å². The highest BCUT2D eigenvalue weighted by Crippen LogP contribution is 2.44. The van der Waals surface area contributed by atoms with E-state index < -0.39 is 0 Å². The largest absolute Gasteiger partial charge is 0.377 e. The quantitative estimate of drug-likeness (QED) is 0.830. The first-order valence-corrected chi connectivity index (χ1v) is 9.42. The molecular weight excluding hydrogens is 341 g/mol. The molecular formula is C22H24FN3O. The fourth-order valence-electron chi connectivity index (χ4n) is 4.57. The molecule has 0 bridgehead atoms. The van der Waals surface area contributed by atoms with Crippen LogP contribution in [0.1, 0.15) is 24.0 Å². The van der Waals surface area contributed by atoms with Gasteiger partial charge in [0, 0.05) is 39.0 Å². The maximum Gasteiger partial charge on any atom is 0.125 e. The van der Waals surface area contributed by atoms with E-state index in [4.69, 9.17) is 10.00 Å². The molecule has 2 aromatic carbocycles. The van der Waals surface area contributed by atoms with Crippen molar-refractivity contribution in [3.63, 3.8) is 0 Å². The van der Waals surface area contributed by atoms with Gasteiger partial charge >= 0.3 is 0 Å². The number of methoxy groups -OCH3 is 1. The molecule has 5 heteroatoms. The minimum absolute atomic E-state index is 0.0481. The van der Waals surface area contributed by atoms with E-state index in [-0.39, 0.29) is 17.5 Å². The molecule has 0 saturated carbocycles. The molecule has 140 valence electrons. The smallest absolute Gasteiger partial charge is 0.125 e. The van der Waals surface area contributed by atoms with E-state index in [2.05, 4.69) is 21.9 Å². The Hall–Kier alpha value is -2.42. The monoisotopic (exact) mass is 365 g/mol. The number of ether oxygens (including phenoxy) is 1. The Morgan fingerprint density at radius 3 is 2.67 bits per heavy atom. The van der Waals surface area contributed by atoms with E-state index in [9.17, 15) is 4.39 Å². The first kappa shape index (κ1) is 18.0. The number of halogens is 1. The van der Waals surface area contributed by atoms with E-state index >= 15 is 0 Å². The number of hydrogen-bond acceptors (Lipinski definition) is 4. The summed E-state index contributed by atoms with van der Waals surface area (Å²) in [4.78, 5) is 4.74. The normalized spacial score (nSPS) is 21.7. The second kappa shape index (κ2) is 7.30. The predicted octanol–water partition coefficient (Wildman–Crippen LogP) is 3.57. The molecule has 2 aromatic rings. The molecule has 1 unspecified atom stereocenters. The van der Waals surface area contributed by atoms with Crippen LogP contribution in [0.15, 0.2) is 48.5 Å². The molecule has 4 rings (SSSR count). The SMILES string of the molecule is COC1CN(c2cccc(F)c2)C12CCN(Cc1cccc(C#N)c1)CC2. The van der Waals surface area contributed by atoms with Gasteiger partial charge in [-0.05, 0) is 48.7 Å². The second-order valence-corrected chi connectivity index (χ2v) is 7.51. The van der Waals surface area contributed by atoms with Gasteiger partial charge in [-0.15, -0.1) is 0 Å². The third-order valence-electron chi connectivity index (χ3n) is 6.07. The zero-order valence-corrected chi connectivity index (χ0v) is 15.6. The molecule has 2 aliphatic rings. The minimum atomic E-state index is -0.196. The fourth-order valence-corrected chi connectivity index (χ4v) is 4.57. The van der Waals surface area contributed by atoms with Crippen LogP contribution in [0.4, 0.5) is 10.1 Å². The zero-order chi connectivity index (χ0) is 18.9. The number of likely N-dealkylation sites (tertiary alicyclic amines) is 1. The van der Waals surface area contributed by atoms with E-state index in [1.54, 1.807) is 19.2 Å². The number of nitriles is 1. The second-order valence-electron chi connectivity index (χ2n) is 7.51. The van der Waals surface area contributed by atoms with Gasteiger partial charge in [-0.1, -0.05) is 18.2 Å². The van der Waals surface area contributed by atoms with E-state index in [1.165, 1.54) is 11.6 Å². The molecule has 2 saturated heterocycles. The van der Waals surface area contributed by atoms with Crippen LogP contribution in [0.25, 0.3) is 0 Å². The molecule has 2 heterocycles. The van der Waals surface area contributed by atoms with E-state index in [1.807, 2.05) is 24.3 Å². The van der Waals surface area contributed by atoms with Crippen LogP contribution < -0.4 is 4.90 Å². The maximum absolute atomic E-state index is 13.7. The van der Waals surface area contributed by atoms with Gasteiger partial charge in [-0.25, -0.2) is 4.39 Å². The van der Waals surface area contributed by atoms with Gasteiger partial charge in [-0.3, -0.25) is 4.90 Å². The van der Waals surface area contributed by atoms with Crippen LogP contribution in [-0.4, -0.2) is 43.3 Å². The van der Waals surface area contributed by atoms with Gasteiger partial charge in [0.25, 0.3) is 0 Å². The molecule has 0 aliphatic carbocycles. The molecule has 4 nitrogen and oxygen atoms in total. The van der Waals surface area contributed by atoms with E-state index in [0.29, 0.717) is 5.56 Å². The summed E-state index contributed by atoms with van der Waals surface area (Å²) < 4.78 is 19.5. The Labute approximate surface area is 159 Å². The lowest BCUT2D eigenvalue weighted by Gasteiger charge is -2.62. The van der Waals surface area contributed by atoms with Crippen molar-refractivity contribution in [1.29, 1.82) is 5.26 Å². The average molecular weight is 365 g/mol. The summed E-state index contributed by atoms with van der Waals surface area (Å²) >= 11 is 0. The first-order chi connectivity index (χ1) is 13.1. The summed E-state index contributed by atoms with van der Waals surface area (Å²) in [7, 11) is 1.77. The average Bonchev–Trinajstić information content (AvgIpc) is 2.68. The molecule has 0 radical (unpaired) electrons. The molecule has 0 N–H and O–H groups in total. The maximum atomic E-state index is 13.7. The van der Waals surface area contributed by atoms with Gasteiger partial charge in [0.1, 0.15) is 5.82 Å². The van der Waals surface area contributed by atoms with Crippen LogP contribution in [0.3, 0.4) is 0 Å². The Balaban J connectivity index is 1.46. The van der Waals surface area contributed by atoms with Crippen LogP contribution in [0.5, 0.6) is 0 Å². The van der Waals surface area contributed by atoms with E-state index in [0.717, 1.165) is 44.7 Å². The summed E-state index contributed by atoms with van der Waals surface area (Å²) in [6.07, 6.45) is 2.16. The first-order valence-electron chi connectivity index (χ1n) is 9.42. The Kier molecular flexibility index (Phi) is 4.86. The van der Waals surface area contributed by atoms with Gasteiger partial charge in [0.2, 0.25) is 0 Å². The molecule has 2 aliphatic heterocycles. The number of rotatable bonds is 4. The highest BCUT2D eigenvalue weighted by Gasteiger charge is 2.54. The predicted molar refractivity (Wildman–Crippen MR) is 103 cm³/mol. The Morgan fingerprint density at radius 2 is 1.96 bits per heavy atom. The lowest BCUT2D eigenvalue weighted by molar-refractivity contribution is -0.0472. The van der Waals surface area contributed by atoms with Crippen LogP contribution in [0, 0.1) is 17.1 Å². The Bertz CT molecular complexity index is 855. The third-order valence-corrected chi connectivity index (χ3v) is 6.07. The van der Waals surface area contributed by atoms with Crippen LogP contribution in [-0.2, 0) is 11.3 Å². The number of benzene rings is 2. The van der Waals surface area contributed by atoms with Gasteiger partial charge in [0.05, 0.1) is 23.3 Å². The van der Waals surface area contributed by atoms with Crippen molar-refractivity contribution in [2.24, 2.45) is 0 Å². The highest BCUT2D eigenvalue weighted by molar-refractivity contribution is 5.54. The summed E-state index contributed by atoms with van der Waals surface area (Å²) in [5.41, 5.74) is 2.77. The number of nitrogens with zero attached hydrogens (tertiary/aromatic N) is 3. The number of anilines is 1. The highest BCUT2D eigenvalue weighted by atomic mass is 19.1. The zero-order valence-electron chi connectivity index (χ0n) is 15.6. The van der Waals surface area contributed by atoms with Gasteiger partial charge in [-0.2, -0.15) is 5.26 Å². The fraction of sp³-hybridized carbons (Fsp3) is 0.409. The van der Waals surface area contributed by atoms with Crippen LogP contribution >= 0.6 is 0 Å². The number of hydrogen-bond donors (Lipinski definition) is 0. The van der Waals surface area contributed by atoms with Crippen molar-refractivity contribution in [2.75, 3.05) is 31.6 Å². The summed E-state index contributed by atoms with van der Waals surface area (Å²) in [5, 5.41) is 9.08. The van der Waals surface area contributed by atoms with Gasteiger partial charge in [0.15, 0.2) is 0 Å². The van der Waals surface area contributed by atoms with Crippen LogP contribution in [0.2, 0.25) is 0 Å². The lowest BCUT2D eigenvalue weighted by Crippen LogP contribution is -2.74. The Morgan fingerprint density at radius 1 is 1.19 bits per heavy atom. The minimum Gasteiger partial charge on any atom is -0.377 e. The number of piperidine rings is 1. The lowest BCUT2D eigenvalue weighted by atomic mass is 9.73. The summed E-state index contributed by atoms with van der Waals surface area (Å²) in [6, 6.07) is 16.9. The topological polar surface area (TPSA) is 39.5 Å². The van der Waals surface area contributed by atoms with Crippen molar-refractivity contribution < 1.29 is 9.13 Å². The molecule has 27 heavy (non-hydrogen) atoms. The third kappa shape index (κ3) is 3.31. The van der Waals surface area contributed by atoms with Crippen molar-refractivity contribution in [2.45, 2.75) is 31.0 Å². The van der Waals surface area contributed by atoms with Crippen molar-refractivity contribution >= 4 is 5.69 Å². The van der Waals surface area contributed by atoms with Crippen molar-refractivity contribution in [3.05, 3.63) is 65.5 Å². The summed E-state index contributed by atoms with van der Waals surface area (Å²) in [6.45, 7) is 3.58. The summed E-state index contributed by atoms with van der Waals surface area (Å²) in [5.74, 6) is -0.196. The van der Waals surface area contributed by atoms with Crippen molar-refractivity contribution in [3.8, 4) is 6.07 Å². The molecule has 0 aromatic heterocycles.